The lowest BCUT2D eigenvalue weighted by Crippen LogP contribution is -2.31. The predicted molar refractivity (Wildman–Crippen MR) is 200 cm³/mol. The average molecular weight is 700 g/mol. The fourth-order valence-electron chi connectivity index (χ4n) is 5.55. The summed E-state index contributed by atoms with van der Waals surface area (Å²) >= 11 is 1.44. The number of carbonyl (C=O) groups excluding carboxylic acids is 2. The molecule has 3 amide bonds. The number of carbonyl (C=O) groups is 2. The molecule has 0 saturated carbocycles. The Hall–Kier alpha value is -5.98. The van der Waals surface area contributed by atoms with E-state index in [0.717, 1.165) is 32.7 Å². The molecule has 3 aromatic heterocycles. The average Bonchev–Trinajstić information content (AvgIpc) is 3.82. The maximum absolute atomic E-state index is 13.1. The molecular weight excluding hydrogens is 663 g/mol. The van der Waals surface area contributed by atoms with Crippen molar-refractivity contribution in [3.63, 3.8) is 0 Å². The van der Waals surface area contributed by atoms with Crippen molar-refractivity contribution >= 4 is 50.0 Å². The Kier molecular flexibility index (Phi) is 9.02. The summed E-state index contributed by atoms with van der Waals surface area (Å²) in [6, 6.07) is 31.1. The van der Waals surface area contributed by atoms with Crippen molar-refractivity contribution in [1.82, 2.24) is 24.5 Å². The first kappa shape index (κ1) is 33.5. The van der Waals surface area contributed by atoms with Gasteiger partial charge in [-0.1, -0.05) is 80.1 Å². The van der Waals surface area contributed by atoms with Crippen molar-refractivity contribution in [2.75, 3.05) is 17.2 Å². The zero-order valence-corrected chi connectivity index (χ0v) is 29.4. The van der Waals surface area contributed by atoms with Crippen molar-refractivity contribution in [3.05, 3.63) is 132 Å². The largest absolute Gasteiger partial charge is 0.457 e. The van der Waals surface area contributed by atoms with Gasteiger partial charge in [-0.15, -0.1) is 0 Å². The van der Waals surface area contributed by atoms with Crippen LogP contribution in [0.5, 0.6) is 11.5 Å². The number of aromatic nitrogens is 4. The molecule has 4 N–H and O–H groups in total. The summed E-state index contributed by atoms with van der Waals surface area (Å²) in [4.78, 5) is 31.3. The minimum atomic E-state index is -0.529. The third kappa shape index (κ3) is 7.32. The number of rotatable bonds is 9. The Morgan fingerprint density at radius 2 is 1.63 bits per heavy atom. The lowest BCUT2D eigenvalue weighted by molar-refractivity contribution is 0.0911. The van der Waals surface area contributed by atoms with Crippen LogP contribution in [-0.2, 0) is 5.41 Å². The summed E-state index contributed by atoms with van der Waals surface area (Å²) in [6.07, 6.45) is 1.70. The van der Waals surface area contributed by atoms with Gasteiger partial charge in [-0.3, -0.25) is 14.5 Å². The maximum Gasteiger partial charge on any atom is 0.324 e. The molecule has 12 heteroatoms. The molecule has 3 heterocycles. The number of imidazole rings is 1. The van der Waals surface area contributed by atoms with Crippen molar-refractivity contribution in [2.45, 2.75) is 39.2 Å². The summed E-state index contributed by atoms with van der Waals surface area (Å²) in [7, 11) is 0. The molecule has 7 rings (SSSR count). The van der Waals surface area contributed by atoms with Gasteiger partial charge in [-0.05, 0) is 61.0 Å². The molecule has 7 aromatic rings. The summed E-state index contributed by atoms with van der Waals surface area (Å²) in [5.41, 5.74) is 5.22. The molecule has 4 aromatic carbocycles. The number of thiazole rings is 1. The first-order chi connectivity index (χ1) is 24.5. The summed E-state index contributed by atoms with van der Waals surface area (Å²) in [5, 5.41) is 23.3. The van der Waals surface area contributed by atoms with Crippen LogP contribution in [0.1, 0.15) is 54.1 Å². The highest BCUT2D eigenvalue weighted by atomic mass is 32.1. The number of ether oxygens (including phenoxy) is 1. The number of fused-ring (bicyclic) bond motifs is 3. The topological polar surface area (TPSA) is 135 Å². The van der Waals surface area contributed by atoms with Crippen LogP contribution in [0, 0.1) is 6.92 Å². The third-order valence-electron chi connectivity index (χ3n) is 8.33. The second-order valence-electron chi connectivity index (χ2n) is 13.2. The third-order valence-corrected chi connectivity index (χ3v) is 9.35. The van der Waals surface area contributed by atoms with Crippen LogP contribution in [0.25, 0.3) is 20.9 Å². The van der Waals surface area contributed by atoms with Crippen LogP contribution < -0.4 is 20.7 Å². The van der Waals surface area contributed by atoms with E-state index >= 15 is 0 Å². The Morgan fingerprint density at radius 3 is 2.33 bits per heavy atom. The summed E-state index contributed by atoms with van der Waals surface area (Å²) in [5.74, 6) is 1.44. The smallest absolute Gasteiger partial charge is 0.324 e. The first-order valence-electron chi connectivity index (χ1n) is 16.5. The Bertz CT molecular complexity index is 2340. The van der Waals surface area contributed by atoms with Crippen molar-refractivity contribution < 1.29 is 19.4 Å². The monoisotopic (exact) mass is 699 g/mol. The number of hydrogen-bond acceptors (Lipinski definition) is 7. The van der Waals surface area contributed by atoms with E-state index < -0.39 is 12.1 Å². The fourth-order valence-corrected chi connectivity index (χ4v) is 6.58. The van der Waals surface area contributed by atoms with E-state index in [9.17, 15) is 14.7 Å². The van der Waals surface area contributed by atoms with Crippen LogP contribution in [0.3, 0.4) is 0 Å². The molecule has 0 aliphatic rings. The minimum absolute atomic E-state index is 0.200. The van der Waals surface area contributed by atoms with Gasteiger partial charge in [-0.2, -0.15) is 5.10 Å². The molecule has 0 aliphatic heterocycles. The van der Waals surface area contributed by atoms with Gasteiger partial charge in [0.1, 0.15) is 23.0 Å². The number of urea groups is 1. The van der Waals surface area contributed by atoms with Gasteiger partial charge in [0.15, 0.2) is 4.96 Å². The lowest BCUT2D eigenvalue weighted by Gasteiger charge is -2.15. The number of aliphatic hydroxyl groups is 1. The SMILES string of the molecule is Cc1ccc(-n2nc(C(C)(C)C)cc2NC(=O)Nc2ccc(Oc3ccc4c(c3)sc3nc(C(=O)NC(CO)c5ccccc5)cn34)cc2)cc1. The summed E-state index contributed by atoms with van der Waals surface area (Å²) < 4.78 is 10.7. The van der Waals surface area contributed by atoms with E-state index in [1.165, 1.54) is 11.3 Å². The predicted octanol–water partition coefficient (Wildman–Crippen LogP) is 8.24. The number of hydrogen-bond donors (Lipinski definition) is 4. The summed E-state index contributed by atoms with van der Waals surface area (Å²) in [6.45, 7) is 8.05. The Morgan fingerprint density at radius 1 is 0.902 bits per heavy atom. The van der Waals surface area contributed by atoms with E-state index in [1.807, 2.05) is 90.2 Å². The number of nitrogens with one attached hydrogen (secondary N) is 3. The van der Waals surface area contributed by atoms with Gasteiger partial charge in [0.2, 0.25) is 0 Å². The molecule has 1 atom stereocenters. The molecule has 1 unspecified atom stereocenters. The second-order valence-corrected chi connectivity index (χ2v) is 14.3. The van der Waals surface area contributed by atoms with E-state index in [-0.39, 0.29) is 23.6 Å². The van der Waals surface area contributed by atoms with Gasteiger partial charge >= 0.3 is 6.03 Å². The van der Waals surface area contributed by atoms with Gasteiger partial charge in [-0.25, -0.2) is 14.5 Å². The van der Waals surface area contributed by atoms with Crippen LogP contribution in [0.4, 0.5) is 16.3 Å². The van der Waals surface area contributed by atoms with Crippen molar-refractivity contribution in [2.24, 2.45) is 0 Å². The number of aryl methyl sites for hydroxylation is 1. The highest BCUT2D eigenvalue weighted by Crippen LogP contribution is 2.32. The van der Waals surface area contributed by atoms with Gasteiger partial charge in [0.25, 0.3) is 5.91 Å². The quantitative estimate of drug-likeness (QED) is 0.120. The second kappa shape index (κ2) is 13.7. The number of nitrogens with zero attached hydrogens (tertiary/aromatic N) is 4. The molecule has 0 fully saturated rings. The van der Waals surface area contributed by atoms with E-state index in [4.69, 9.17) is 9.84 Å². The number of aliphatic hydroxyl groups excluding tert-OH is 1. The number of benzene rings is 4. The number of amides is 3. The van der Waals surface area contributed by atoms with E-state index in [0.29, 0.717) is 28.0 Å². The van der Waals surface area contributed by atoms with Crippen molar-refractivity contribution in [1.29, 1.82) is 0 Å². The van der Waals surface area contributed by atoms with Crippen LogP contribution in [-0.4, -0.2) is 42.8 Å². The molecule has 0 spiro atoms. The molecule has 258 valence electrons. The first-order valence-corrected chi connectivity index (χ1v) is 17.3. The Labute approximate surface area is 298 Å². The minimum Gasteiger partial charge on any atom is -0.457 e. The van der Waals surface area contributed by atoms with Crippen LogP contribution in [0.15, 0.2) is 109 Å². The van der Waals surface area contributed by atoms with E-state index in [2.05, 4.69) is 41.7 Å². The van der Waals surface area contributed by atoms with Crippen LogP contribution >= 0.6 is 11.3 Å². The van der Waals surface area contributed by atoms with Gasteiger partial charge in [0, 0.05) is 29.4 Å². The Balaban J connectivity index is 1.00. The molecule has 51 heavy (non-hydrogen) atoms. The molecule has 11 nitrogen and oxygen atoms in total. The molecule has 0 saturated heterocycles. The normalized spacial score (nSPS) is 12.2. The zero-order valence-electron chi connectivity index (χ0n) is 28.5. The van der Waals surface area contributed by atoms with E-state index in [1.54, 1.807) is 35.1 Å². The lowest BCUT2D eigenvalue weighted by atomic mass is 9.92. The van der Waals surface area contributed by atoms with Gasteiger partial charge < -0.3 is 20.5 Å². The zero-order chi connectivity index (χ0) is 35.7. The fraction of sp³-hybridized carbons (Fsp3) is 0.179. The highest BCUT2D eigenvalue weighted by Gasteiger charge is 2.22. The number of anilines is 2. The van der Waals surface area contributed by atoms with Crippen molar-refractivity contribution in [3.8, 4) is 17.2 Å². The highest BCUT2D eigenvalue weighted by molar-refractivity contribution is 7.23. The maximum atomic E-state index is 13.1. The van der Waals surface area contributed by atoms with Crippen LogP contribution in [0.2, 0.25) is 0 Å². The standard InChI is InChI=1S/C39H37N7O4S/c1-24-10-14-27(15-11-24)46-35(21-34(44-46)39(2,3)4)43-37(49)40-26-12-16-28(17-13-26)50-29-18-19-32-33(20-29)51-38-42-30(22-45(32)38)36(48)41-31(23-47)25-8-6-5-7-9-25/h5-22,31,47H,23H2,1-4H3,(H,41,48)(H2,40,43,49). The molecule has 0 bridgehead atoms. The van der Waals surface area contributed by atoms with Gasteiger partial charge in [0.05, 0.1) is 34.2 Å². The molecular formula is C39H37N7O4S. The molecule has 0 radical (unpaired) electrons. The molecule has 0 aliphatic carbocycles.